The van der Waals surface area contributed by atoms with Crippen molar-refractivity contribution < 1.29 is 31.1 Å². The monoisotopic (exact) mass is 553 g/mol. The third-order valence-corrected chi connectivity index (χ3v) is 7.45. The van der Waals surface area contributed by atoms with Gasteiger partial charge in [0, 0.05) is 31.6 Å². The van der Waals surface area contributed by atoms with E-state index < -0.39 is 23.5 Å². The third-order valence-electron chi connectivity index (χ3n) is 6.41. The van der Waals surface area contributed by atoms with Crippen LogP contribution in [0.3, 0.4) is 0 Å². The van der Waals surface area contributed by atoms with Crippen LogP contribution in [0.25, 0.3) is 17.0 Å². The van der Waals surface area contributed by atoms with E-state index in [0.717, 1.165) is 32.2 Å². The molecule has 3 heterocycles. The Hall–Kier alpha value is -3.32. The summed E-state index contributed by atoms with van der Waals surface area (Å²) in [6.45, 7) is 2.95. The normalized spacial score (nSPS) is 18.6. The van der Waals surface area contributed by atoms with E-state index in [2.05, 4.69) is 19.9 Å². The van der Waals surface area contributed by atoms with E-state index in [1.165, 1.54) is 22.6 Å². The van der Waals surface area contributed by atoms with E-state index in [0.29, 0.717) is 32.6 Å². The lowest BCUT2D eigenvalue weighted by Crippen LogP contribution is -2.46. The van der Waals surface area contributed by atoms with Crippen LogP contribution in [0.2, 0.25) is 0 Å². The van der Waals surface area contributed by atoms with E-state index in [1.807, 2.05) is 7.05 Å². The standard InChI is InChI=1S/C25H21F6N5OS/c1-34-6-8-35(9-7-34)23-33-22(37)21(38-23)11-15-2-5-20-17(10-15)13-32-36(20)14-16-3-4-18(24(26,27)28)12-19(16)25(29,30)31/h2-5,10-13H,6-9,14H2,1H3. The quantitative estimate of drug-likeness (QED) is 0.324. The average molecular weight is 554 g/mol. The average Bonchev–Trinajstić information content (AvgIpc) is 3.41. The molecular weight excluding hydrogens is 532 g/mol. The molecule has 0 unspecified atom stereocenters. The Bertz CT molecular complexity index is 1450. The summed E-state index contributed by atoms with van der Waals surface area (Å²) in [6, 6.07) is 6.68. The molecule has 0 N–H and O–H groups in total. The van der Waals surface area contributed by atoms with Crippen LogP contribution in [0.1, 0.15) is 22.3 Å². The summed E-state index contributed by atoms with van der Waals surface area (Å²) in [5, 5.41) is 5.43. The second-order valence-electron chi connectivity index (χ2n) is 9.09. The molecule has 0 radical (unpaired) electrons. The van der Waals surface area contributed by atoms with Gasteiger partial charge in [-0.25, -0.2) is 0 Å². The van der Waals surface area contributed by atoms with Crippen LogP contribution in [-0.4, -0.2) is 63.9 Å². The predicted octanol–water partition coefficient (Wildman–Crippen LogP) is 5.34. The summed E-state index contributed by atoms with van der Waals surface area (Å²) >= 11 is 1.30. The maximum atomic E-state index is 13.6. The number of halogens is 6. The molecule has 0 spiro atoms. The van der Waals surface area contributed by atoms with Gasteiger partial charge in [-0.05, 0) is 60.3 Å². The van der Waals surface area contributed by atoms with Crippen LogP contribution < -0.4 is 0 Å². The number of hydrogen-bond donors (Lipinski definition) is 0. The molecule has 3 aromatic rings. The number of carbonyl (C=O) groups excluding carboxylic acids is 1. The number of amidine groups is 1. The minimum absolute atomic E-state index is 0.125. The molecule has 2 aliphatic rings. The van der Waals surface area contributed by atoms with Crippen molar-refractivity contribution in [3.05, 3.63) is 69.8 Å². The molecular formula is C25H21F6N5OS. The van der Waals surface area contributed by atoms with Crippen molar-refractivity contribution >= 4 is 39.8 Å². The smallest absolute Gasteiger partial charge is 0.348 e. The van der Waals surface area contributed by atoms with Crippen LogP contribution in [-0.2, 0) is 23.7 Å². The highest BCUT2D eigenvalue weighted by Crippen LogP contribution is 2.38. The molecule has 0 atom stereocenters. The first-order chi connectivity index (χ1) is 17.9. The minimum atomic E-state index is -4.96. The number of amides is 1. The zero-order chi connectivity index (χ0) is 27.2. The molecule has 0 bridgehead atoms. The van der Waals surface area contributed by atoms with Crippen LogP contribution >= 0.6 is 11.8 Å². The van der Waals surface area contributed by atoms with Gasteiger partial charge in [-0.1, -0.05) is 12.1 Å². The number of likely N-dealkylation sites (N-methyl/N-ethyl adjacent to an activating group) is 1. The van der Waals surface area contributed by atoms with E-state index in [4.69, 9.17) is 0 Å². The summed E-state index contributed by atoms with van der Waals surface area (Å²) in [5.41, 5.74) is -1.86. The van der Waals surface area contributed by atoms with E-state index in [-0.39, 0.29) is 24.1 Å². The van der Waals surface area contributed by atoms with Gasteiger partial charge in [-0.15, -0.1) is 0 Å². The first kappa shape index (κ1) is 26.3. The third kappa shape index (κ3) is 5.44. The Morgan fingerprint density at radius 1 is 0.974 bits per heavy atom. The Morgan fingerprint density at radius 3 is 2.39 bits per heavy atom. The largest absolute Gasteiger partial charge is 0.416 e. The lowest BCUT2D eigenvalue weighted by Gasteiger charge is -2.32. The zero-order valence-electron chi connectivity index (χ0n) is 20.0. The zero-order valence-corrected chi connectivity index (χ0v) is 20.8. The van der Waals surface area contributed by atoms with Gasteiger partial charge in [-0.3, -0.25) is 9.48 Å². The molecule has 2 aliphatic heterocycles. The lowest BCUT2D eigenvalue weighted by molar-refractivity contribution is -0.143. The van der Waals surface area contributed by atoms with E-state index in [1.54, 1.807) is 24.3 Å². The number of thioether (sulfide) groups is 1. The van der Waals surface area contributed by atoms with Crippen molar-refractivity contribution in [1.29, 1.82) is 0 Å². The van der Waals surface area contributed by atoms with Crippen molar-refractivity contribution in [2.24, 2.45) is 4.99 Å². The number of fused-ring (bicyclic) bond motifs is 1. The summed E-state index contributed by atoms with van der Waals surface area (Å²) in [7, 11) is 2.04. The Kier molecular flexibility index (Phi) is 6.76. The van der Waals surface area contributed by atoms with Crippen LogP contribution in [0, 0.1) is 0 Å². The topological polar surface area (TPSA) is 53.7 Å². The van der Waals surface area contributed by atoms with Crippen molar-refractivity contribution in [2.75, 3.05) is 33.2 Å². The van der Waals surface area contributed by atoms with Crippen molar-refractivity contribution in [1.82, 2.24) is 19.6 Å². The molecule has 6 nitrogen and oxygen atoms in total. The van der Waals surface area contributed by atoms with Gasteiger partial charge >= 0.3 is 12.4 Å². The fourth-order valence-corrected chi connectivity index (χ4v) is 5.28. The highest BCUT2D eigenvalue weighted by Gasteiger charge is 2.38. The van der Waals surface area contributed by atoms with Crippen LogP contribution in [0.15, 0.2) is 52.5 Å². The van der Waals surface area contributed by atoms with Gasteiger partial charge in [-0.2, -0.15) is 36.4 Å². The number of aromatic nitrogens is 2. The van der Waals surface area contributed by atoms with E-state index in [9.17, 15) is 31.1 Å². The summed E-state index contributed by atoms with van der Waals surface area (Å²) in [6.07, 6.45) is -6.69. The summed E-state index contributed by atoms with van der Waals surface area (Å²) in [4.78, 5) is 21.4. The number of alkyl halides is 6. The highest BCUT2D eigenvalue weighted by atomic mass is 32.2. The molecule has 0 saturated carbocycles. The highest BCUT2D eigenvalue weighted by molar-refractivity contribution is 8.18. The van der Waals surface area contributed by atoms with Gasteiger partial charge in [0.25, 0.3) is 5.91 Å². The molecule has 2 aromatic carbocycles. The van der Waals surface area contributed by atoms with Gasteiger partial charge < -0.3 is 9.80 Å². The molecule has 1 amide bonds. The van der Waals surface area contributed by atoms with Crippen molar-refractivity contribution in [3.63, 3.8) is 0 Å². The van der Waals surface area contributed by atoms with Crippen molar-refractivity contribution in [3.8, 4) is 0 Å². The first-order valence-electron chi connectivity index (χ1n) is 11.6. The SMILES string of the molecule is CN1CCN(C2=NC(=O)C(=Cc3ccc4c(cnn4Cc4ccc(C(F)(F)F)cc4C(F)(F)F)c3)S2)CC1. The van der Waals surface area contributed by atoms with Crippen LogP contribution in [0.4, 0.5) is 26.3 Å². The first-order valence-corrected chi connectivity index (χ1v) is 12.4. The fraction of sp³-hybridized carbons (Fsp3) is 0.320. The Balaban J connectivity index is 1.37. The number of benzene rings is 2. The number of nitrogens with zero attached hydrogens (tertiary/aromatic N) is 5. The lowest BCUT2D eigenvalue weighted by atomic mass is 10.0. The molecule has 13 heteroatoms. The molecule has 5 rings (SSSR count). The van der Waals surface area contributed by atoms with Crippen molar-refractivity contribution in [2.45, 2.75) is 18.9 Å². The molecule has 1 fully saturated rings. The van der Waals surface area contributed by atoms with E-state index >= 15 is 0 Å². The maximum absolute atomic E-state index is 13.6. The molecule has 38 heavy (non-hydrogen) atoms. The summed E-state index contributed by atoms with van der Waals surface area (Å²) < 4.78 is 80.9. The van der Waals surface area contributed by atoms with Gasteiger partial charge in [0.2, 0.25) is 0 Å². The molecule has 200 valence electrons. The fourth-order valence-electron chi connectivity index (χ4n) is 4.32. The molecule has 0 aliphatic carbocycles. The number of rotatable bonds is 3. The number of piperazine rings is 1. The summed E-state index contributed by atoms with van der Waals surface area (Å²) in [5.74, 6) is -0.332. The second kappa shape index (κ2) is 9.77. The van der Waals surface area contributed by atoms with Gasteiger partial charge in [0.15, 0.2) is 5.17 Å². The van der Waals surface area contributed by atoms with Gasteiger partial charge in [0.05, 0.1) is 34.3 Å². The maximum Gasteiger partial charge on any atom is 0.416 e. The Morgan fingerprint density at radius 2 is 1.71 bits per heavy atom. The number of aliphatic imine (C=N–C) groups is 1. The molecule has 1 aromatic heterocycles. The second-order valence-corrected chi connectivity index (χ2v) is 10.1. The Labute approximate surface area is 217 Å². The van der Waals surface area contributed by atoms with Crippen LogP contribution in [0.5, 0.6) is 0 Å². The number of hydrogen-bond acceptors (Lipinski definition) is 5. The van der Waals surface area contributed by atoms with Gasteiger partial charge in [0.1, 0.15) is 0 Å². The minimum Gasteiger partial charge on any atom is -0.348 e. The number of carbonyl (C=O) groups is 1. The molecule has 1 saturated heterocycles. The predicted molar refractivity (Wildman–Crippen MR) is 132 cm³/mol.